The summed E-state index contributed by atoms with van der Waals surface area (Å²) in [6, 6.07) is 8.23. The van der Waals surface area contributed by atoms with Crippen LogP contribution in [0.3, 0.4) is 0 Å². The van der Waals surface area contributed by atoms with E-state index in [0.29, 0.717) is 0 Å². The minimum atomic E-state index is 0.179. The largest absolute Gasteiger partial charge is 0.540 e. The lowest BCUT2D eigenvalue weighted by Crippen LogP contribution is -2.18. The number of para-hydroxylation sites is 1. The molecule has 0 saturated carbocycles. The lowest BCUT2D eigenvalue weighted by atomic mass is 9.79. The average Bonchev–Trinajstić information content (AvgIpc) is 2.29. The lowest BCUT2D eigenvalue weighted by molar-refractivity contribution is 0.436. The molecule has 1 nitrogen and oxygen atoms in total. The monoisotopic (exact) mass is 233 g/mol. The topological polar surface area (TPSA) is 9.23 Å². The number of rotatable bonds is 6. The molecule has 3 radical (unpaired) electrons. The Bertz CT molecular complexity index is 320. The predicted molar refractivity (Wildman–Crippen MR) is 70.0 cm³/mol. The van der Waals surface area contributed by atoms with E-state index in [1.54, 1.807) is 0 Å². The highest BCUT2D eigenvalue weighted by Crippen LogP contribution is 2.35. The Morgan fingerprint density at radius 3 is 2.50 bits per heavy atom. The number of unbranched alkanes of at least 4 members (excludes halogenated alkanes) is 2. The van der Waals surface area contributed by atoms with E-state index in [1.165, 1.54) is 31.2 Å². The molecule has 1 rings (SSSR count). The molecule has 2 heteroatoms. The standard InChI is InChI=1S/C14H21OSi/c1-4-5-8-11-14(2,3)12-9-6-7-10-13(12)15-16/h6-7,9-10H,4-5,8,11H2,1-3H3. The number of benzene rings is 1. The van der Waals surface area contributed by atoms with Crippen molar-refractivity contribution in [3.8, 4) is 5.75 Å². The molecule has 0 unspecified atom stereocenters. The third kappa shape index (κ3) is 3.37. The molecular formula is C14H21OSi. The van der Waals surface area contributed by atoms with E-state index in [0.717, 1.165) is 5.75 Å². The van der Waals surface area contributed by atoms with Gasteiger partial charge < -0.3 is 4.43 Å². The molecule has 0 aliphatic heterocycles. The van der Waals surface area contributed by atoms with Crippen LogP contribution in [0.25, 0.3) is 0 Å². The van der Waals surface area contributed by atoms with Crippen molar-refractivity contribution in [2.75, 3.05) is 0 Å². The fraction of sp³-hybridized carbons (Fsp3) is 0.571. The zero-order chi connectivity index (χ0) is 12.0. The highest BCUT2D eigenvalue weighted by Gasteiger charge is 2.23. The van der Waals surface area contributed by atoms with Crippen molar-refractivity contribution in [2.45, 2.75) is 51.9 Å². The molecule has 0 N–H and O–H groups in total. The van der Waals surface area contributed by atoms with Crippen LogP contribution in [0, 0.1) is 0 Å². The quantitative estimate of drug-likeness (QED) is 0.533. The summed E-state index contributed by atoms with van der Waals surface area (Å²) in [5.74, 6) is 0.931. The summed E-state index contributed by atoms with van der Waals surface area (Å²) in [5, 5.41) is 0. The summed E-state index contributed by atoms with van der Waals surface area (Å²) in [4.78, 5) is 0. The zero-order valence-electron chi connectivity index (χ0n) is 10.5. The average molecular weight is 233 g/mol. The lowest BCUT2D eigenvalue weighted by Gasteiger charge is -2.27. The van der Waals surface area contributed by atoms with Crippen molar-refractivity contribution in [3.05, 3.63) is 29.8 Å². The van der Waals surface area contributed by atoms with E-state index >= 15 is 0 Å². The summed E-state index contributed by atoms with van der Waals surface area (Å²) < 4.78 is 5.24. The van der Waals surface area contributed by atoms with Gasteiger partial charge in [0.25, 0.3) is 0 Å². The van der Waals surface area contributed by atoms with Crippen LogP contribution in [0.1, 0.15) is 52.0 Å². The summed E-state index contributed by atoms with van der Waals surface area (Å²) in [6.45, 7) is 6.81. The van der Waals surface area contributed by atoms with Gasteiger partial charge in [-0.15, -0.1) is 0 Å². The van der Waals surface area contributed by atoms with Crippen LogP contribution in [0.2, 0.25) is 0 Å². The van der Waals surface area contributed by atoms with Crippen molar-refractivity contribution >= 4 is 10.5 Å². The predicted octanol–water partition coefficient (Wildman–Crippen LogP) is 4.01. The zero-order valence-corrected chi connectivity index (χ0v) is 11.5. The molecule has 0 atom stereocenters. The van der Waals surface area contributed by atoms with Crippen LogP contribution in [0.15, 0.2) is 24.3 Å². The fourth-order valence-electron chi connectivity index (χ4n) is 2.07. The first-order valence-corrected chi connectivity index (χ1v) is 6.45. The second-order valence-corrected chi connectivity index (χ2v) is 5.14. The third-order valence-corrected chi connectivity index (χ3v) is 3.35. The Kier molecular flexibility index (Phi) is 5.06. The third-order valence-electron chi connectivity index (χ3n) is 3.13. The van der Waals surface area contributed by atoms with Crippen LogP contribution in [-0.2, 0) is 5.41 Å². The first-order chi connectivity index (χ1) is 7.61. The molecule has 0 amide bonds. The van der Waals surface area contributed by atoms with Gasteiger partial charge in [0.05, 0.1) is 0 Å². The van der Waals surface area contributed by atoms with E-state index in [-0.39, 0.29) is 5.41 Å². The van der Waals surface area contributed by atoms with Crippen molar-refractivity contribution in [1.29, 1.82) is 0 Å². The highest BCUT2D eigenvalue weighted by atomic mass is 28.2. The molecule has 0 fully saturated rings. The van der Waals surface area contributed by atoms with Crippen molar-refractivity contribution < 1.29 is 4.43 Å². The summed E-state index contributed by atoms with van der Waals surface area (Å²) >= 11 is 0. The maximum absolute atomic E-state index is 5.24. The molecule has 1 aromatic carbocycles. The smallest absolute Gasteiger partial charge is 0.341 e. The molecule has 1 aromatic rings. The molecular weight excluding hydrogens is 212 g/mol. The highest BCUT2D eigenvalue weighted by molar-refractivity contribution is 6.00. The van der Waals surface area contributed by atoms with E-state index < -0.39 is 0 Å². The maximum Gasteiger partial charge on any atom is 0.341 e. The van der Waals surface area contributed by atoms with Crippen molar-refractivity contribution in [3.63, 3.8) is 0 Å². The molecule has 0 heterocycles. The Morgan fingerprint density at radius 1 is 1.19 bits per heavy atom. The molecule has 0 spiro atoms. The molecule has 87 valence electrons. The minimum absolute atomic E-state index is 0.179. The van der Waals surface area contributed by atoms with Crippen LogP contribution in [-0.4, -0.2) is 10.5 Å². The normalized spacial score (nSPS) is 11.5. The van der Waals surface area contributed by atoms with Gasteiger partial charge in [-0.05, 0) is 23.5 Å². The Hall–Kier alpha value is -0.763. The van der Waals surface area contributed by atoms with E-state index in [1.807, 2.05) is 12.1 Å². The van der Waals surface area contributed by atoms with Crippen LogP contribution in [0.4, 0.5) is 0 Å². The first kappa shape index (κ1) is 13.3. The van der Waals surface area contributed by atoms with E-state index in [2.05, 4.69) is 43.4 Å². The van der Waals surface area contributed by atoms with Gasteiger partial charge >= 0.3 is 10.5 Å². The van der Waals surface area contributed by atoms with Gasteiger partial charge in [0.2, 0.25) is 0 Å². The Labute approximate surface area is 103 Å². The van der Waals surface area contributed by atoms with Gasteiger partial charge in [0.15, 0.2) is 0 Å². The van der Waals surface area contributed by atoms with Gasteiger partial charge in [-0.25, -0.2) is 0 Å². The van der Waals surface area contributed by atoms with Gasteiger partial charge in [-0.3, -0.25) is 0 Å². The van der Waals surface area contributed by atoms with Gasteiger partial charge in [-0.1, -0.05) is 58.2 Å². The molecule has 0 aromatic heterocycles. The number of hydrogen-bond acceptors (Lipinski definition) is 1. The molecule has 0 aliphatic carbocycles. The van der Waals surface area contributed by atoms with E-state index in [9.17, 15) is 0 Å². The van der Waals surface area contributed by atoms with Crippen LogP contribution < -0.4 is 4.43 Å². The maximum atomic E-state index is 5.24. The van der Waals surface area contributed by atoms with Crippen LogP contribution >= 0.6 is 0 Å². The second kappa shape index (κ2) is 6.09. The Balaban J connectivity index is 2.79. The van der Waals surface area contributed by atoms with Gasteiger partial charge in [-0.2, -0.15) is 0 Å². The van der Waals surface area contributed by atoms with Crippen LogP contribution in [0.5, 0.6) is 5.75 Å². The Morgan fingerprint density at radius 2 is 1.88 bits per heavy atom. The minimum Gasteiger partial charge on any atom is -0.540 e. The van der Waals surface area contributed by atoms with Crippen molar-refractivity contribution in [2.24, 2.45) is 0 Å². The fourth-order valence-corrected chi connectivity index (χ4v) is 2.24. The molecule has 0 aliphatic rings. The van der Waals surface area contributed by atoms with Gasteiger partial charge in [0, 0.05) is 0 Å². The summed E-state index contributed by atoms with van der Waals surface area (Å²) in [7, 11) is 3.13. The molecule has 0 saturated heterocycles. The second-order valence-electron chi connectivity index (χ2n) is 4.94. The first-order valence-electron chi connectivity index (χ1n) is 6.05. The summed E-state index contributed by atoms with van der Waals surface area (Å²) in [6.07, 6.45) is 5.06. The molecule has 0 bridgehead atoms. The van der Waals surface area contributed by atoms with Crippen molar-refractivity contribution in [1.82, 2.24) is 0 Å². The number of hydrogen-bond donors (Lipinski definition) is 0. The van der Waals surface area contributed by atoms with E-state index in [4.69, 9.17) is 4.43 Å². The SMILES string of the molecule is CCCCCC(C)(C)c1ccccc1O[Si]. The summed E-state index contributed by atoms with van der Waals surface area (Å²) in [5.41, 5.74) is 1.46. The molecule has 16 heavy (non-hydrogen) atoms. The van der Waals surface area contributed by atoms with Gasteiger partial charge in [0.1, 0.15) is 5.75 Å².